The summed E-state index contributed by atoms with van der Waals surface area (Å²) in [4.78, 5) is 29.9. The number of alkyl halides is 3. The molecular formula is C28H29F3N2O5. The highest BCUT2D eigenvalue weighted by Gasteiger charge is 2.34. The Hall–Kier alpha value is -4.21. The number of anilines is 1. The van der Waals surface area contributed by atoms with Gasteiger partial charge in [-0.05, 0) is 53.9 Å². The molecule has 3 rings (SSSR count). The molecule has 1 atom stereocenters. The smallest absolute Gasteiger partial charge is 0.493 e. The van der Waals surface area contributed by atoms with Crippen LogP contribution in [0.25, 0.3) is 0 Å². The molecule has 0 aliphatic carbocycles. The summed E-state index contributed by atoms with van der Waals surface area (Å²) < 4.78 is 52.6. The topological polar surface area (TPSA) is 68.3 Å². The molecular weight excluding hydrogens is 501 g/mol. The number of benzene rings is 3. The van der Waals surface area contributed by atoms with Gasteiger partial charge < -0.3 is 24.0 Å². The van der Waals surface area contributed by atoms with Gasteiger partial charge in [-0.25, -0.2) is 0 Å². The SMILES string of the molecule is COc1ccc(CCN(C(=O)C(C(=O)N(C)C)c2ccccc2)c2ccc(OC(F)(F)F)cc2)cc1OC. The van der Waals surface area contributed by atoms with Crippen LogP contribution in [-0.2, 0) is 16.0 Å². The Morgan fingerprint density at radius 3 is 2.03 bits per heavy atom. The zero-order valence-corrected chi connectivity index (χ0v) is 21.5. The zero-order chi connectivity index (χ0) is 27.9. The van der Waals surface area contributed by atoms with Gasteiger partial charge in [0.1, 0.15) is 11.7 Å². The van der Waals surface area contributed by atoms with Crippen LogP contribution in [0.4, 0.5) is 18.9 Å². The monoisotopic (exact) mass is 530 g/mol. The van der Waals surface area contributed by atoms with E-state index < -0.39 is 29.8 Å². The van der Waals surface area contributed by atoms with Gasteiger partial charge in [0.15, 0.2) is 11.5 Å². The molecule has 2 amide bonds. The molecule has 0 heterocycles. The Morgan fingerprint density at radius 1 is 0.842 bits per heavy atom. The van der Waals surface area contributed by atoms with Gasteiger partial charge in [-0.1, -0.05) is 36.4 Å². The van der Waals surface area contributed by atoms with Crippen molar-refractivity contribution in [3.63, 3.8) is 0 Å². The predicted octanol–water partition coefficient (Wildman–Crippen LogP) is 5.05. The van der Waals surface area contributed by atoms with E-state index in [9.17, 15) is 22.8 Å². The van der Waals surface area contributed by atoms with Crippen LogP contribution in [0.3, 0.4) is 0 Å². The first-order valence-electron chi connectivity index (χ1n) is 11.7. The molecule has 3 aromatic rings. The van der Waals surface area contributed by atoms with Crippen molar-refractivity contribution >= 4 is 17.5 Å². The first-order valence-corrected chi connectivity index (χ1v) is 11.7. The molecule has 0 spiro atoms. The van der Waals surface area contributed by atoms with Crippen molar-refractivity contribution in [2.45, 2.75) is 18.7 Å². The van der Waals surface area contributed by atoms with Crippen LogP contribution in [0.15, 0.2) is 72.8 Å². The average molecular weight is 531 g/mol. The third kappa shape index (κ3) is 7.18. The minimum atomic E-state index is -4.85. The molecule has 0 N–H and O–H groups in total. The van der Waals surface area contributed by atoms with E-state index in [1.165, 1.54) is 36.2 Å². The maximum Gasteiger partial charge on any atom is 0.573 e. The number of carbonyl (C=O) groups excluding carboxylic acids is 2. The van der Waals surface area contributed by atoms with E-state index in [0.717, 1.165) is 17.7 Å². The van der Waals surface area contributed by atoms with E-state index in [-0.39, 0.29) is 6.54 Å². The average Bonchev–Trinajstić information content (AvgIpc) is 2.89. The van der Waals surface area contributed by atoms with Gasteiger partial charge in [-0.3, -0.25) is 9.59 Å². The molecule has 3 aromatic carbocycles. The lowest BCUT2D eigenvalue weighted by Gasteiger charge is -2.29. The molecule has 202 valence electrons. The van der Waals surface area contributed by atoms with Crippen molar-refractivity contribution < 1.29 is 37.0 Å². The molecule has 0 saturated heterocycles. The second-order valence-electron chi connectivity index (χ2n) is 8.55. The summed E-state index contributed by atoms with van der Waals surface area (Å²) in [7, 11) is 6.15. The maximum absolute atomic E-state index is 14.0. The highest BCUT2D eigenvalue weighted by atomic mass is 19.4. The van der Waals surface area contributed by atoms with E-state index >= 15 is 0 Å². The van der Waals surface area contributed by atoms with Crippen molar-refractivity contribution in [3.8, 4) is 17.2 Å². The number of amides is 2. The van der Waals surface area contributed by atoms with Gasteiger partial charge in [0, 0.05) is 26.3 Å². The highest BCUT2D eigenvalue weighted by Crippen LogP contribution is 2.30. The first kappa shape index (κ1) is 28.4. The molecule has 0 aromatic heterocycles. The number of carbonyl (C=O) groups is 2. The van der Waals surface area contributed by atoms with Crippen molar-refractivity contribution in [1.29, 1.82) is 0 Å². The van der Waals surface area contributed by atoms with E-state index in [1.54, 1.807) is 56.6 Å². The minimum Gasteiger partial charge on any atom is -0.493 e. The van der Waals surface area contributed by atoms with E-state index in [2.05, 4.69) is 4.74 Å². The molecule has 1 unspecified atom stereocenters. The Morgan fingerprint density at radius 2 is 1.47 bits per heavy atom. The predicted molar refractivity (Wildman–Crippen MR) is 137 cm³/mol. The third-order valence-electron chi connectivity index (χ3n) is 5.79. The Labute approximate surface area is 219 Å². The van der Waals surface area contributed by atoms with Gasteiger partial charge in [-0.2, -0.15) is 0 Å². The van der Waals surface area contributed by atoms with Gasteiger partial charge in [0.05, 0.1) is 14.2 Å². The molecule has 0 bridgehead atoms. The normalized spacial score (nSPS) is 11.9. The fourth-order valence-electron chi connectivity index (χ4n) is 3.92. The maximum atomic E-state index is 14.0. The number of halogens is 3. The second-order valence-corrected chi connectivity index (χ2v) is 8.55. The van der Waals surface area contributed by atoms with Crippen LogP contribution >= 0.6 is 0 Å². The van der Waals surface area contributed by atoms with E-state index in [4.69, 9.17) is 9.47 Å². The summed E-state index contributed by atoms with van der Waals surface area (Å²) in [6.07, 6.45) is -4.48. The molecule has 0 aliphatic heterocycles. The largest absolute Gasteiger partial charge is 0.573 e. The van der Waals surface area contributed by atoms with Gasteiger partial charge >= 0.3 is 6.36 Å². The number of likely N-dealkylation sites (N-methyl/N-ethyl adjacent to an activating group) is 1. The summed E-state index contributed by atoms with van der Waals surface area (Å²) in [5, 5.41) is 0. The van der Waals surface area contributed by atoms with E-state index in [0.29, 0.717) is 29.2 Å². The summed E-state index contributed by atoms with van der Waals surface area (Å²) in [6, 6.07) is 18.9. The fraction of sp³-hybridized carbons (Fsp3) is 0.286. The molecule has 38 heavy (non-hydrogen) atoms. The molecule has 0 radical (unpaired) electrons. The summed E-state index contributed by atoms with van der Waals surface area (Å²) in [5.74, 6) is -1.44. The van der Waals surface area contributed by atoms with Gasteiger partial charge in [-0.15, -0.1) is 13.2 Å². The van der Waals surface area contributed by atoms with Gasteiger partial charge in [0.2, 0.25) is 11.8 Å². The summed E-state index contributed by atoms with van der Waals surface area (Å²) in [6.45, 7) is 0.137. The number of nitrogens with zero attached hydrogens (tertiary/aromatic N) is 2. The number of hydrogen-bond donors (Lipinski definition) is 0. The van der Waals surface area contributed by atoms with Crippen LogP contribution in [0.2, 0.25) is 0 Å². The first-order chi connectivity index (χ1) is 18.0. The standard InChI is InChI=1S/C28H29F3N2O5/c1-32(2)26(34)25(20-8-6-5-7-9-20)27(35)33(21-11-13-22(14-12-21)38-28(29,30)31)17-16-19-10-15-23(36-3)24(18-19)37-4/h5-15,18,25H,16-17H2,1-4H3. The Kier molecular flexibility index (Phi) is 9.22. The lowest BCUT2D eigenvalue weighted by atomic mass is 9.95. The second kappa shape index (κ2) is 12.4. The van der Waals surface area contributed by atoms with Gasteiger partial charge in [0.25, 0.3) is 0 Å². The molecule has 0 fully saturated rings. The number of ether oxygens (including phenoxy) is 3. The van der Waals surface area contributed by atoms with Crippen molar-refractivity contribution in [2.24, 2.45) is 0 Å². The fourth-order valence-corrected chi connectivity index (χ4v) is 3.92. The Bertz CT molecular complexity index is 1230. The summed E-state index contributed by atoms with van der Waals surface area (Å²) >= 11 is 0. The number of rotatable bonds is 10. The number of methoxy groups -OCH3 is 2. The molecule has 10 heteroatoms. The summed E-state index contributed by atoms with van der Waals surface area (Å²) in [5.41, 5.74) is 1.65. The molecule has 7 nitrogen and oxygen atoms in total. The van der Waals surface area contributed by atoms with Crippen LogP contribution in [0, 0.1) is 0 Å². The number of hydrogen-bond acceptors (Lipinski definition) is 5. The lowest BCUT2D eigenvalue weighted by Crippen LogP contribution is -2.43. The van der Waals surface area contributed by atoms with Crippen molar-refractivity contribution in [1.82, 2.24) is 4.90 Å². The minimum absolute atomic E-state index is 0.137. The van der Waals surface area contributed by atoms with Crippen molar-refractivity contribution in [2.75, 3.05) is 39.8 Å². The Balaban J connectivity index is 1.99. The highest BCUT2D eigenvalue weighted by molar-refractivity contribution is 6.12. The van der Waals surface area contributed by atoms with Crippen LogP contribution in [-0.4, -0.2) is 57.9 Å². The molecule has 0 saturated carbocycles. The lowest BCUT2D eigenvalue weighted by molar-refractivity contribution is -0.274. The van der Waals surface area contributed by atoms with Crippen molar-refractivity contribution in [3.05, 3.63) is 83.9 Å². The zero-order valence-electron chi connectivity index (χ0n) is 21.5. The molecule has 0 aliphatic rings. The van der Waals surface area contributed by atoms with E-state index in [1.807, 2.05) is 6.07 Å². The van der Waals surface area contributed by atoms with Crippen LogP contribution in [0.5, 0.6) is 17.2 Å². The third-order valence-corrected chi connectivity index (χ3v) is 5.79. The quantitative estimate of drug-likeness (QED) is 0.343. The van der Waals surface area contributed by atoms with Crippen LogP contribution < -0.4 is 19.1 Å². The van der Waals surface area contributed by atoms with Crippen LogP contribution in [0.1, 0.15) is 17.0 Å².